The van der Waals surface area contributed by atoms with E-state index in [1.54, 1.807) is 31.4 Å². The van der Waals surface area contributed by atoms with Crippen LogP contribution >= 0.6 is 0 Å². The van der Waals surface area contributed by atoms with Crippen LogP contribution in [0.5, 0.6) is 0 Å². The second-order valence-electron chi connectivity index (χ2n) is 2.58. The highest BCUT2D eigenvalue weighted by Gasteiger charge is 2.10. The van der Waals surface area contributed by atoms with Gasteiger partial charge in [-0.3, -0.25) is 9.78 Å². The molecule has 0 unspecified atom stereocenters. The summed E-state index contributed by atoms with van der Waals surface area (Å²) in [6, 6.07) is 5.19. The zero-order valence-electron chi connectivity index (χ0n) is 7.40. The Morgan fingerprint density at radius 3 is 3.00 bits per heavy atom. The summed E-state index contributed by atoms with van der Waals surface area (Å²) in [5, 5.41) is 0. The maximum Gasteiger partial charge on any atom is 0.272 e. The topological polar surface area (TPSA) is 33.2 Å². The highest BCUT2D eigenvalue weighted by molar-refractivity contribution is 5.92. The lowest BCUT2D eigenvalue weighted by Crippen LogP contribution is -2.27. The van der Waals surface area contributed by atoms with Crippen LogP contribution in [0.25, 0.3) is 0 Å². The van der Waals surface area contributed by atoms with Crippen molar-refractivity contribution in [2.45, 2.75) is 0 Å². The fraction of sp³-hybridized carbons (Fsp3) is 0.200. The number of carbonyl (C=O) groups excluding carboxylic acids is 1. The monoisotopic (exact) mass is 174 g/mol. The first kappa shape index (κ1) is 9.27. The van der Waals surface area contributed by atoms with Gasteiger partial charge in [0, 0.05) is 13.2 Å². The standard InChI is InChI=1S/C10H10N2O/c1-3-8-12(2)10(13)9-6-4-5-7-11-9/h1,4-7H,8H2,2H3. The van der Waals surface area contributed by atoms with E-state index < -0.39 is 0 Å². The van der Waals surface area contributed by atoms with Crippen LogP contribution < -0.4 is 0 Å². The van der Waals surface area contributed by atoms with Crippen molar-refractivity contribution < 1.29 is 4.79 Å². The van der Waals surface area contributed by atoms with E-state index in [0.29, 0.717) is 12.2 Å². The molecule has 0 N–H and O–H groups in total. The zero-order valence-corrected chi connectivity index (χ0v) is 7.40. The number of amides is 1. The van der Waals surface area contributed by atoms with E-state index in [-0.39, 0.29) is 5.91 Å². The lowest BCUT2D eigenvalue weighted by atomic mass is 10.3. The van der Waals surface area contributed by atoms with Crippen molar-refractivity contribution in [3.05, 3.63) is 30.1 Å². The SMILES string of the molecule is C#CCN(C)C(=O)c1ccccn1. The van der Waals surface area contributed by atoms with Gasteiger partial charge < -0.3 is 4.90 Å². The number of hydrogen-bond acceptors (Lipinski definition) is 2. The molecule has 13 heavy (non-hydrogen) atoms. The molecule has 0 bridgehead atoms. The average molecular weight is 174 g/mol. The van der Waals surface area contributed by atoms with E-state index >= 15 is 0 Å². The Hall–Kier alpha value is -1.82. The summed E-state index contributed by atoms with van der Waals surface area (Å²) >= 11 is 0. The van der Waals surface area contributed by atoms with E-state index in [1.807, 2.05) is 0 Å². The summed E-state index contributed by atoms with van der Waals surface area (Å²) in [7, 11) is 1.65. The van der Waals surface area contributed by atoms with Gasteiger partial charge in [-0.1, -0.05) is 12.0 Å². The predicted octanol–water partition coefficient (Wildman–Crippen LogP) is 0.787. The third-order valence-corrected chi connectivity index (χ3v) is 1.56. The molecule has 0 aliphatic rings. The Kier molecular flexibility index (Phi) is 3.04. The van der Waals surface area contributed by atoms with Gasteiger partial charge in [0.05, 0.1) is 6.54 Å². The minimum absolute atomic E-state index is 0.154. The van der Waals surface area contributed by atoms with Crippen molar-refractivity contribution in [2.24, 2.45) is 0 Å². The lowest BCUT2D eigenvalue weighted by molar-refractivity contribution is 0.0807. The van der Waals surface area contributed by atoms with Gasteiger partial charge in [0.2, 0.25) is 0 Å². The van der Waals surface area contributed by atoms with Crippen LogP contribution in [0.4, 0.5) is 0 Å². The van der Waals surface area contributed by atoms with Crippen LogP contribution in [-0.2, 0) is 0 Å². The van der Waals surface area contributed by atoms with Crippen molar-refractivity contribution in [3.63, 3.8) is 0 Å². The van der Waals surface area contributed by atoms with Gasteiger partial charge in [0.1, 0.15) is 5.69 Å². The molecule has 0 aliphatic carbocycles. The highest BCUT2D eigenvalue weighted by Crippen LogP contribution is 1.97. The second-order valence-corrected chi connectivity index (χ2v) is 2.58. The molecule has 1 aromatic rings. The molecule has 1 aromatic heterocycles. The molecule has 0 aliphatic heterocycles. The molecule has 0 aromatic carbocycles. The Morgan fingerprint density at radius 1 is 1.69 bits per heavy atom. The molecule has 3 nitrogen and oxygen atoms in total. The number of aromatic nitrogens is 1. The van der Waals surface area contributed by atoms with Crippen LogP contribution in [0.2, 0.25) is 0 Å². The van der Waals surface area contributed by atoms with E-state index in [0.717, 1.165) is 0 Å². The van der Waals surface area contributed by atoms with E-state index in [9.17, 15) is 4.79 Å². The Bertz CT molecular complexity index is 327. The van der Waals surface area contributed by atoms with E-state index in [1.165, 1.54) is 4.90 Å². The fourth-order valence-electron chi connectivity index (χ4n) is 0.894. The Labute approximate surface area is 77.4 Å². The van der Waals surface area contributed by atoms with Crippen molar-refractivity contribution >= 4 is 5.91 Å². The van der Waals surface area contributed by atoms with Gasteiger partial charge in [-0.25, -0.2) is 0 Å². The number of hydrogen-bond donors (Lipinski definition) is 0. The fourth-order valence-corrected chi connectivity index (χ4v) is 0.894. The minimum Gasteiger partial charge on any atom is -0.329 e. The van der Waals surface area contributed by atoms with Crippen LogP contribution in [0.1, 0.15) is 10.5 Å². The first-order valence-electron chi connectivity index (χ1n) is 3.85. The Balaban J connectivity index is 2.75. The molecule has 1 rings (SSSR count). The van der Waals surface area contributed by atoms with Gasteiger partial charge in [-0.2, -0.15) is 0 Å². The van der Waals surface area contributed by atoms with Crippen molar-refractivity contribution in [3.8, 4) is 12.3 Å². The molecule has 0 fully saturated rings. The molecule has 0 atom stereocenters. The molecule has 0 saturated heterocycles. The molecule has 0 radical (unpaired) electrons. The summed E-state index contributed by atoms with van der Waals surface area (Å²) < 4.78 is 0. The summed E-state index contributed by atoms with van der Waals surface area (Å²) in [5.41, 5.74) is 0.417. The van der Waals surface area contributed by atoms with Gasteiger partial charge in [0.25, 0.3) is 5.91 Å². The number of carbonyl (C=O) groups is 1. The first-order chi connectivity index (χ1) is 6.25. The van der Waals surface area contributed by atoms with Gasteiger partial charge >= 0.3 is 0 Å². The largest absolute Gasteiger partial charge is 0.329 e. The number of pyridine rings is 1. The number of nitrogens with zero attached hydrogens (tertiary/aromatic N) is 2. The summed E-state index contributed by atoms with van der Waals surface area (Å²) in [6.07, 6.45) is 6.66. The number of terminal acetylenes is 1. The van der Waals surface area contributed by atoms with E-state index in [4.69, 9.17) is 6.42 Å². The van der Waals surface area contributed by atoms with Crippen LogP contribution in [0.15, 0.2) is 24.4 Å². The van der Waals surface area contributed by atoms with Crippen LogP contribution in [0, 0.1) is 12.3 Å². The maximum atomic E-state index is 11.5. The molecule has 1 amide bonds. The van der Waals surface area contributed by atoms with Crippen molar-refractivity contribution in [1.29, 1.82) is 0 Å². The third kappa shape index (κ3) is 2.31. The quantitative estimate of drug-likeness (QED) is 0.621. The lowest BCUT2D eigenvalue weighted by Gasteiger charge is -2.12. The van der Waals surface area contributed by atoms with Crippen LogP contribution in [0.3, 0.4) is 0 Å². The summed E-state index contributed by atoms with van der Waals surface area (Å²) in [4.78, 5) is 16.9. The molecule has 66 valence electrons. The summed E-state index contributed by atoms with van der Waals surface area (Å²) in [6.45, 7) is 0.301. The highest BCUT2D eigenvalue weighted by atomic mass is 16.2. The molecule has 3 heteroatoms. The van der Waals surface area contributed by atoms with E-state index in [2.05, 4.69) is 10.9 Å². The molecular formula is C10H10N2O. The zero-order chi connectivity index (χ0) is 9.68. The Morgan fingerprint density at radius 2 is 2.46 bits per heavy atom. The maximum absolute atomic E-state index is 11.5. The normalized spacial score (nSPS) is 8.92. The number of rotatable bonds is 2. The van der Waals surface area contributed by atoms with Gasteiger partial charge in [-0.15, -0.1) is 6.42 Å². The van der Waals surface area contributed by atoms with Gasteiger partial charge in [0.15, 0.2) is 0 Å². The third-order valence-electron chi connectivity index (χ3n) is 1.56. The first-order valence-corrected chi connectivity index (χ1v) is 3.85. The molecule has 0 spiro atoms. The molecule has 0 saturated carbocycles. The molecular weight excluding hydrogens is 164 g/mol. The second kappa shape index (κ2) is 4.27. The predicted molar refractivity (Wildman–Crippen MR) is 50.0 cm³/mol. The minimum atomic E-state index is -0.154. The molecule has 1 heterocycles. The average Bonchev–Trinajstić information content (AvgIpc) is 2.18. The van der Waals surface area contributed by atoms with Gasteiger partial charge in [-0.05, 0) is 12.1 Å². The van der Waals surface area contributed by atoms with Crippen LogP contribution in [-0.4, -0.2) is 29.4 Å². The van der Waals surface area contributed by atoms with Crippen molar-refractivity contribution in [1.82, 2.24) is 9.88 Å². The smallest absolute Gasteiger partial charge is 0.272 e. The van der Waals surface area contributed by atoms with Crippen molar-refractivity contribution in [2.75, 3.05) is 13.6 Å². The summed E-state index contributed by atoms with van der Waals surface area (Å²) in [5.74, 6) is 2.24.